The van der Waals surface area contributed by atoms with Gasteiger partial charge >= 0.3 is 5.97 Å². The molecule has 0 saturated carbocycles. The molecule has 0 bridgehead atoms. The van der Waals surface area contributed by atoms with Crippen LogP contribution in [-0.4, -0.2) is 30.7 Å². The van der Waals surface area contributed by atoms with Crippen molar-refractivity contribution in [2.45, 2.75) is 67.0 Å². The van der Waals surface area contributed by atoms with Gasteiger partial charge in [0.05, 0.1) is 12.8 Å². The van der Waals surface area contributed by atoms with E-state index in [1.54, 1.807) is 7.11 Å². The van der Waals surface area contributed by atoms with Crippen molar-refractivity contribution < 1.29 is 14.3 Å². The summed E-state index contributed by atoms with van der Waals surface area (Å²) < 4.78 is 11.0. The number of aryl methyl sites for hydroxylation is 1. The number of esters is 1. The maximum Gasteiger partial charge on any atom is 0.325 e. The predicted octanol–water partition coefficient (Wildman–Crippen LogP) is 5.90. The summed E-state index contributed by atoms with van der Waals surface area (Å²) in [5.41, 5.74) is 7.56. The molecule has 1 fully saturated rings. The molecule has 2 aromatic carbocycles. The third kappa shape index (κ3) is 8.28. The molecule has 1 aliphatic heterocycles. The first-order valence-electron chi connectivity index (χ1n) is 11.2. The van der Waals surface area contributed by atoms with Crippen LogP contribution >= 0.6 is 0 Å². The quantitative estimate of drug-likeness (QED) is 0.449. The van der Waals surface area contributed by atoms with Gasteiger partial charge in [-0.1, -0.05) is 44.2 Å². The van der Waals surface area contributed by atoms with Gasteiger partial charge in [-0.05, 0) is 63.3 Å². The van der Waals surface area contributed by atoms with Crippen molar-refractivity contribution in [1.29, 1.82) is 0 Å². The first-order valence-corrected chi connectivity index (χ1v) is 11.2. The van der Waals surface area contributed by atoms with Crippen molar-refractivity contribution in [3.8, 4) is 17.6 Å². The van der Waals surface area contributed by atoms with Crippen LogP contribution in [0, 0.1) is 25.7 Å². The molecule has 1 N–H and O–H groups in total. The number of benzene rings is 2. The number of nitrogens with one attached hydrogen (secondary N) is 1. The highest BCUT2D eigenvalue weighted by molar-refractivity contribution is 5.76. The smallest absolute Gasteiger partial charge is 0.325 e. The van der Waals surface area contributed by atoms with Gasteiger partial charge in [-0.3, -0.25) is 4.79 Å². The highest BCUT2D eigenvalue weighted by Gasteiger charge is 2.32. The standard InChI is InChI=1S/C21H26N2O3.C4H6.C2H6/c1-15-12-18(13-20(25-3)16(15)2)22-23-11-7-10-19(23)21(24)26-14-17-8-5-4-6-9-17;1-3-4-2;1-2/h4-6,8-9,12-13,19,22H,7,10-11,14H2,1-3H3;1-2H3;1-2H3. The fraction of sp³-hybridized carbons (Fsp3) is 0.444. The molecule has 0 aromatic heterocycles. The van der Waals surface area contributed by atoms with Crippen LogP contribution in [0.4, 0.5) is 5.69 Å². The zero-order valence-corrected chi connectivity index (χ0v) is 20.6. The van der Waals surface area contributed by atoms with Gasteiger partial charge in [0.15, 0.2) is 0 Å². The molecule has 0 spiro atoms. The summed E-state index contributed by atoms with van der Waals surface area (Å²) in [7, 11) is 1.67. The minimum absolute atomic E-state index is 0.186. The van der Waals surface area contributed by atoms with Crippen molar-refractivity contribution in [2.24, 2.45) is 0 Å². The molecule has 1 heterocycles. The molecule has 0 amide bonds. The number of anilines is 1. The first kappa shape index (κ1) is 27.1. The number of hydrogen-bond acceptors (Lipinski definition) is 5. The van der Waals surface area contributed by atoms with E-state index >= 15 is 0 Å². The molecule has 32 heavy (non-hydrogen) atoms. The number of nitrogens with zero attached hydrogens (tertiary/aromatic N) is 1. The van der Waals surface area contributed by atoms with E-state index in [-0.39, 0.29) is 12.0 Å². The van der Waals surface area contributed by atoms with Crippen LogP contribution in [0.5, 0.6) is 5.75 Å². The Kier molecular flexibility index (Phi) is 12.6. The van der Waals surface area contributed by atoms with Crippen molar-refractivity contribution >= 4 is 11.7 Å². The maximum absolute atomic E-state index is 12.5. The van der Waals surface area contributed by atoms with Gasteiger partial charge in [-0.25, -0.2) is 5.01 Å². The SMILES string of the molecule is CC.CC#CC.COc1cc(NN2CCCC2C(=O)OCc2ccccc2)cc(C)c1C. The molecule has 3 rings (SSSR count). The number of carbonyl (C=O) groups excluding carboxylic acids is 1. The highest BCUT2D eigenvalue weighted by Crippen LogP contribution is 2.28. The molecule has 0 radical (unpaired) electrons. The third-order valence-electron chi connectivity index (χ3n) is 5.11. The van der Waals surface area contributed by atoms with Gasteiger partial charge < -0.3 is 14.9 Å². The van der Waals surface area contributed by atoms with E-state index in [4.69, 9.17) is 9.47 Å². The Balaban J connectivity index is 0.000000769. The minimum atomic E-state index is -0.272. The fourth-order valence-corrected chi connectivity index (χ4v) is 3.24. The zero-order chi connectivity index (χ0) is 23.9. The number of carbonyl (C=O) groups is 1. The second-order valence-corrected chi connectivity index (χ2v) is 7.18. The number of ether oxygens (including phenoxy) is 2. The van der Waals surface area contributed by atoms with Crippen LogP contribution in [0.2, 0.25) is 0 Å². The normalized spacial score (nSPS) is 14.5. The van der Waals surface area contributed by atoms with Crippen LogP contribution in [0.3, 0.4) is 0 Å². The summed E-state index contributed by atoms with van der Waals surface area (Å²) >= 11 is 0. The van der Waals surface area contributed by atoms with E-state index in [9.17, 15) is 4.79 Å². The van der Waals surface area contributed by atoms with E-state index < -0.39 is 0 Å². The fourth-order valence-electron chi connectivity index (χ4n) is 3.24. The summed E-state index contributed by atoms with van der Waals surface area (Å²) in [5, 5.41) is 1.97. The average molecular weight is 439 g/mol. The molecule has 5 nitrogen and oxygen atoms in total. The van der Waals surface area contributed by atoms with Gasteiger partial charge in [-0.2, -0.15) is 0 Å². The van der Waals surface area contributed by atoms with Crippen molar-refractivity contribution in [1.82, 2.24) is 5.01 Å². The summed E-state index contributed by atoms with van der Waals surface area (Å²) in [4.78, 5) is 12.5. The Hall–Kier alpha value is -2.97. The molecular weight excluding hydrogens is 400 g/mol. The lowest BCUT2D eigenvalue weighted by Crippen LogP contribution is -2.41. The molecule has 1 atom stereocenters. The molecule has 0 aliphatic carbocycles. The minimum Gasteiger partial charge on any atom is -0.496 e. The van der Waals surface area contributed by atoms with Crippen molar-refractivity contribution in [3.63, 3.8) is 0 Å². The topological polar surface area (TPSA) is 50.8 Å². The van der Waals surface area contributed by atoms with Crippen LogP contribution < -0.4 is 10.2 Å². The summed E-state index contributed by atoms with van der Waals surface area (Å²) in [5.74, 6) is 6.02. The van der Waals surface area contributed by atoms with Crippen LogP contribution in [0.15, 0.2) is 42.5 Å². The van der Waals surface area contributed by atoms with E-state index in [2.05, 4.69) is 30.3 Å². The number of hydrazine groups is 1. The monoisotopic (exact) mass is 438 g/mol. The van der Waals surface area contributed by atoms with Gasteiger partial charge in [-0.15, -0.1) is 11.8 Å². The number of methoxy groups -OCH3 is 1. The van der Waals surface area contributed by atoms with E-state index in [0.717, 1.165) is 47.5 Å². The third-order valence-corrected chi connectivity index (χ3v) is 5.11. The van der Waals surface area contributed by atoms with E-state index in [0.29, 0.717) is 6.61 Å². The van der Waals surface area contributed by atoms with Gasteiger partial charge in [0.25, 0.3) is 0 Å². The van der Waals surface area contributed by atoms with Gasteiger partial charge in [0, 0.05) is 12.6 Å². The number of rotatable bonds is 6. The molecule has 174 valence electrons. The number of hydrogen-bond donors (Lipinski definition) is 1. The molecule has 2 aromatic rings. The first-order chi connectivity index (χ1) is 15.5. The zero-order valence-electron chi connectivity index (χ0n) is 20.6. The van der Waals surface area contributed by atoms with Crippen molar-refractivity contribution in [2.75, 3.05) is 19.1 Å². The average Bonchev–Trinajstić information content (AvgIpc) is 3.30. The molecule has 1 saturated heterocycles. The Bertz CT molecular complexity index is 879. The predicted molar refractivity (Wildman–Crippen MR) is 133 cm³/mol. The second-order valence-electron chi connectivity index (χ2n) is 7.18. The summed E-state index contributed by atoms with van der Waals surface area (Å²) in [6.07, 6.45) is 1.75. The lowest BCUT2D eigenvalue weighted by atomic mass is 10.1. The van der Waals surface area contributed by atoms with Crippen LogP contribution in [-0.2, 0) is 16.1 Å². The lowest BCUT2D eigenvalue weighted by molar-refractivity contribution is -0.149. The molecule has 1 unspecified atom stereocenters. The van der Waals surface area contributed by atoms with Gasteiger partial charge in [0.1, 0.15) is 18.4 Å². The summed E-state index contributed by atoms with van der Waals surface area (Å²) in [6, 6.07) is 13.5. The van der Waals surface area contributed by atoms with Gasteiger partial charge in [0.2, 0.25) is 0 Å². The molecular formula is C27H38N2O3. The molecule has 1 aliphatic rings. The van der Waals surface area contributed by atoms with E-state index in [1.165, 1.54) is 0 Å². The summed E-state index contributed by atoms with van der Waals surface area (Å²) in [6.45, 7) is 12.8. The van der Waals surface area contributed by atoms with Crippen LogP contribution in [0.25, 0.3) is 0 Å². The van der Waals surface area contributed by atoms with Crippen molar-refractivity contribution in [3.05, 3.63) is 59.2 Å². The largest absolute Gasteiger partial charge is 0.496 e. The molecule has 5 heteroatoms. The maximum atomic E-state index is 12.5. The Labute approximate surface area is 194 Å². The second kappa shape index (κ2) is 14.9. The van der Waals surface area contributed by atoms with Crippen LogP contribution in [0.1, 0.15) is 57.2 Å². The Morgan fingerprint density at radius 1 is 1.12 bits per heavy atom. The Morgan fingerprint density at radius 2 is 1.78 bits per heavy atom. The Morgan fingerprint density at radius 3 is 2.38 bits per heavy atom. The lowest BCUT2D eigenvalue weighted by Gasteiger charge is -2.25. The van der Waals surface area contributed by atoms with E-state index in [1.807, 2.05) is 76.0 Å². The highest BCUT2D eigenvalue weighted by atomic mass is 16.5.